The molecule has 0 saturated carbocycles. The number of thiol groups is 1. The van der Waals surface area contributed by atoms with Gasteiger partial charge in [-0.15, -0.1) is 9.81 Å². The smallest absolute Gasteiger partial charge is 0.327 e. The number of aliphatic carboxylic acids is 1. The Morgan fingerprint density at radius 1 is 1.19 bits per heavy atom. The fourth-order valence-electron chi connectivity index (χ4n) is 1.50. The van der Waals surface area contributed by atoms with Gasteiger partial charge in [-0.2, -0.15) is 12.6 Å². The van der Waals surface area contributed by atoms with Gasteiger partial charge < -0.3 is 10.4 Å². The number of hydrogen-bond donors (Lipinski definition) is 4. The van der Waals surface area contributed by atoms with Crippen molar-refractivity contribution in [1.29, 1.82) is 0 Å². The highest BCUT2D eigenvalue weighted by atomic mass is 32.2. The highest BCUT2D eigenvalue weighted by Gasteiger charge is 2.41. The molecule has 0 aromatic rings. The molecule has 2 atom stereocenters. The Bertz CT molecular complexity index is 424. The third-order valence-corrected chi connectivity index (χ3v) is 3.69. The summed E-state index contributed by atoms with van der Waals surface area (Å²) in [4.78, 5) is 44.1. The van der Waals surface area contributed by atoms with Crippen LogP contribution in [-0.2, 0) is 9.59 Å². The number of amides is 1. The standard InChI is InChI=1S/C10H18N4O5S2/c1-9(2,20)5(12-13-18)7(15)11-6(8(16)17)10(3,4)21-14-19/h5-6,20H,1-4H3,(H,11,15)(H,12,18)(H,16,17)/t5-,6-/m1/s1. The topological polar surface area (TPSA) is 137 Å². The Morgan fingerprint density at radius 2 is 1.71 bits per heavy atom. The number of nitroso groups, excluding NO2 is 2. The molecule has 120 valence electrons. The van der Waals surface area contributed by atoms with E-state index in [-0.39, 0.29) is 0 Å². The number of carbonyl (C=O) groups excluding carboxylic acids is 1. The van der Waals surface area contributed by atoms with Crippen LogP contribution in [0.1, 0.15) is 27.7 Å². The van der Waals surface area contributed by atoms with Gasteiger partial charge in [0.05, 0.1) is 10.0 Å². The van der Waals surface area contributed by atoms with E-state index in [1.807, 2.05) is 5.43 Å². The highest BCUT2D eigenvalue weighted by molar-refractivity contribution is 7.99. The van der Waals surface area contributed by atoms with Crippen molar-refractivity contribution in [2.45, 2.75) is 49.3 Å². The number of nitrogens with zero attached hydrogens (tertiary/aromatic N) is 2. The summed E-state index contributed by atoms with van der Waals surface area (Å²) in [6.45, 7) is 6.01. The van der Waals surface area contributed by atoms with Crippen LogP contribution < -0.4 is 10.7 Å². The number of hydrogen-bond acceptors (Lipinski definition) is 8. The molecule has 11 heteroatoms. The minimum Gasteiger partial charge on any atom is -0.480 e. The van der Waals surface area contributed by atoms with Crippen LogP contribution in [0, 0.1) is 9.81 Å². The molecule has 0 rings (SSSR count). The highest BCUT2D eigenvalue weighted by Crippen LogP contribution is 2.29. The van der Waals surface area contributed by atoms with E-state index in [2.05, 4.69) is 27.8 Å². The minimum absolute atomic E-state index is 0.494. The molecule has 0 aromatic carbocycles. The van der Waals surface area contributed by atoms with Gasteiger partial charge in [-0.25, -0.2) is 4.79 Å². The van der Waals surface area contributed by atoms with E-state index in [4.69, 9.17) is 0 Å². The van der Waals surface area contributed by atoms with E-state index in [0.717, 1.165) is 0 Å². The number of carboxylic acids is 1. The summed E-state index contributed by atoms with van der Waals surface area (Å²) in [6, 6.07) is -2.54. The van der Waals surface area contributed by atoms with E-state index < -0.39 is 33.5 Å². The molecule has 0 aromatic heterocycles. The van der Waals surface area contributed by atoms with Crippen molar-refractivity contribution >= 4 is 36.5 Å². The van der Waals surface area contributed by atoms with Crippen LogP contribution in [0.25, 0.3) is 0 Å². The van der Waals surface area contributed by atoms with Gasteiger partial charge in [0.1, 0.15) is 12.1 Å². The molecule has 0 spiro atoms. The second kappa shape index (κ2) is 7.59. The lowest BCUT2D eigenvalue weighted by Crippen LogP contribution is -2.59. The number of rotatable bonds is 9. The number of carbonyl (C=O) groups is 2. The third kappa shape index (κ3) is 5.87. The SMILES string of the molecule is CC(C)(S)[C@H](NN=O)C(=O)N[C@H](C(=O)O)C(C)(C)SN=O. The predicted molar refractivity (Wildman–Crippen MR) is 82.8 cm³/mol. The van der Waals surface area contributed by atoms with Gasteiger partial charge in [-0.1, -0.05) is 0 Å². The largest absolute Gasteiger partial charge is 0.480 e. The van der Waals surface area contributed by atoms with Crippen molar-refractivity contribution in [1.82, 2.24) is 10.7 Å². The lowest BCUT2D eigenvalue weighted by molar-refractivity contribution is -0.143. The van der Waals surface area contributed by atoms with Crippen LogP contribution in [0.2, 0.25) is 0 Å². The second-order valence-corrected chi connectivity index (χ2v) is 7.89. The number of carboxylic acid groups (broad SMARTS) is 1. The zero-order valence-electron chi connectivity index (χ0n) is 12.0. The van der Waals surface area contributed by atoms with Crippen LogP contribution in [0.5, 0.6) is 0 Å². The summed E-state index contributed by atoms with van der Waals surface area (Å²) in [7, 11) is 0. The third-order valence-electron chi connectivity index (χ3n) is 2.65. The van der Waals surface area contributed by atoms with Gasteiger partial charge in [0.25, 0.3) is 0 Å². The fourth-order valence-corrected chi connectivity index (χ4v) is 2.13. The van der Waals surface area contributed by atoms with E-state index in [1.54, 1.807) is 13.8 Å². The molecule has 0 aliphatic rings. The molecule has 0 aliphatic heterocycles. The second-order valence-electron chi connectivity index (χ2n) is 5.36. The van der Waals surface area contributed by atoms with Crippen LogP contribution in [0.4, 0.5) is 0 Å². The first-order valence-electron chi connectivity index (χ1n) is 5.81. The van der Waals surface area contributed by atoms with Crippen LogP contribution >= 0.6 is 24.6 Å². The normalized spacial score (nSPS) is 14.7. The van der Waals surface area contributed by atoms with E-state index in [1.165, 1.54) is 13.8 Å². The summed E-state index contributed by atoms with van der Waals surface area (Å²) in [6.07, 6.45) is 0. The van der Waals surface area contributed by atoms with E-state index in [9.17, 15) is 24.5 Å². The molecular weight excluding hydrogens is 320 g/mol. The molecule has 0 saturated heterocycles. The van der Waals surface area contributed by atoms with Gasteiger partial charge in [0.15, 0.2) is 0 Å². The Balaban J connectivity index is 5.25. The first kappa shape index (κ1) is 19.6. The molecule has 0 aliphatic carbocycles. The first-order chi connectivity index (χ1) is 9.47. The summed E-state index contributed by atoms with van der Waals surface area (Å²) in [5, 5.41) is 13.9. The zero-order valence-corrected chi connectivity index (χ0v) is 13.7. The van der Waals surface area contributed by atoms with Gasteiger partial charge in [-0.05, 0) is 27.7 Å². The molecular formula is C10H18N4O5S2. The minimum atomic E-state index is -1.39. The Morgan fingerprint density at radius 3 is 2.05 bits per heavy atom. The van der Waals surface area contributed by atoms with Gasteiger partial charge >= 0.3 is 5.97 Å². The van der Waals surface area contributed by atoms with Crippen molar-refractivity contribution in [2.24, 2.45) is 9.87 Å². The van der Waals surface area contributed by atoms with Gasteiger partial charge in [0.2, 0.25) is 5.91 Å². The Hall–Kier alpha value is -1.36. The molecule has 0 bridgehead atoms. The molecule has 1 amide bonds. The maximum absolute atomic E-state index is 12.1. The number of nitrogens with one attached hydrogen (secondary N) is 2. The van der Waals surface area contributed by atoms with E-state index >= 15 is 0 Å². The molecule has 21 heavy (non-hydrogen) atoms. The summed E-state index contributed by atoms with van der Waals surface area (Å²) in [5.74, 6) is -2.11. The average Bonchev–Trinajstić information content (AvgIpc) is 2.30. The fraction of sp³-hybridized carbons (Fsp3) is 0.800. The maximum Gasteiger partial charge on any atom is 0.327 e. The monoisotopic (exact) mass is 338 g/mol. The van der Waals surface area contributed by atoms with Gasteiger partial charge in [0, 0.05) is 21.3 Å². The Labute approximate surface area is 131 Å². The zero-order chi connectivity index (χ0) is 16.8. The van der Waals surface area contributed by atoms with E-state index in [0.29, 0.717) is 11.9 Å². The summed E-state index contributed by atoms with van der Waals surface area (Å²) < 4.78 is 0.452. The Kier molecular flexibility index (Phi) is 7.10. The van der Waals surface area contributed by atoms with Gasteiger partial charge in [-0.3, -0.25) is 10.2 Å². The van der Waals surface area contributed by atoms with Crippen LogP contribution in [-0.4, -0.2) is 38.6 Å². The first-order valence-corrected chi connectivity index (χ1v) is 7.03. The van der Waals surface area contributed by atoms with Crippen molar-refractivity contribution in [3.05, 3.63) is 9.81 Å². The molecule has 9 nitrogen and oxygen atoms in total. The molecule has 0 unspecified atom stereocenters. The molecule has 0 radical (unpaired) electrons. The summed E-state index contributed by atoms with van der Waals surface area (Å²) in [5.41, 5.74) is 2.05. The molecule has 0 heterocycles. The quantitative estimate of drug-likeness (QED) is 0.214. The predicted octanol–water partition coefficient (Wildman–Crippen LogP) is 1.10. The maximum atomic E-state index is 12.1. The molecule has 0 fully saturated rings. The summed E-state index contributed by atoms with van der Waals surface area (Å²) >= 11 is 4.66. The van der Waals surface area contributed by atoms with Crippen molar-refractivity contribution in [3.63, 3.8) is 0 Å². The van der Waals surface area contributed by atoms with Crippen molar-refractivity contribution < 1.29 is 14.7 Å². The molecule has 3 N–H and O–H groups in total. The lowest BCUT2D eigenvalue weighted by atomic mass is 9.99. The van der Waals surface area contributed by atoms with Crippen LogP contribution in [0.15, 0.2) is 9.87 Å². The van der Waals surface area contributed by atoms with Crippen LogP contribution in [0.3, 0.4) is 0 Å². The average molecular weight is 338 g/mol. The lowest BCUT2D eigenvalue weighted by Gasteiger charge is -2.32. The van der Waals surface area contributed by atoms with Crippen molar-refractivity contribution in [2.75, 3.05) is 0 Å². The van der Waals surface area contributed by atoms with Crippen molar-refractivity contribution in [3.8, 4) is 0 Å².